The van der Waals surface area contributed by atoms with E-state index in [2.05, 4.69) is 5.10 Å². The maximum absolute atomic E-state index is 13.7. The number of amides is 1. The van der Waals surface area contributed by atoms with Crippen LogP contribution in [0.2, 0.25) is 5.02 Å². The lowest BCUT2D eigenvalue weighted by atomic mass is 10.2. The van der Waals surface area contributed by atoms with Crippen molar-refractivity contribution in [3.63, 3.8) is 0 Å². The van der Waals surface area contributed by atoms with E-state index in [1.807, 2.05) is 0 Å². The molecule has 0 radical (unpaired) electrons. The third-order valence-electron chi connectivity index (χ3n) is 3.66. The van der Waals surface area contributed by atoms with Gasteiger partial charge in [-0.3, -0.25) is 9.48 Å². The summed E-state index contributed by atoms with van der Waals surface area (Å²) >= 11 is 5.93. The minimum absolute atomic E-state index is 0.0200. The van der Waals surface area contributed by atoms with E-state index in [0.717, 1.165) is 0 Å². The summed E-state index contributed by atoms with van der Waals surface area (Å²) < 4.78 is 20.3. The average molecular weight is 354 g/mol. The zero-order chi connectivity index (χ0) is 17.9. The fourth-order valence-electron chi connectivity index (χ4n) is 2.02. The number of rotatable bonds is 5. The quantitative estimate of drug-likeness (QED) is 0.774. The molecule has 0 atom stereocenters. The largest absolute Gasteiger partial charge is 0.452 e. The number of hydrogen-bond acceptors (Lipinski definition) is 4. The first-order valence-corrected chi connectivity index (χ1v) is 7.51. The number of halogens is 2. The molecule has 2 rings (SSSR count). The molecule has 1 heterocycles. The average Bonchev–Trinajstić information content (AvgIpc) is 2.87. The predicted octanol–water partition coefficient (Wildman–Crippen LogP) is 2.34. The SMILES string of the molecule is Cc1c(C(=O)OCC(=O)N(C)Cc2c(F)cccc2Cl)cnn1C. The molecule has 0 saturated heterocycles. The molecule has 2 aromatic rings. The Labute approximate surface area is 143 Å². The highest BCUT2D eigenvalue weighted by Crippen LogP contribution is 2.20. The second kappa shape index (κ2) is 7.44. The van der Waals surface area contributed by atoms with Crippen molar-refractivity contribution >= 4 is 23.5 Å². The van der Waals surface area contributed by atoms with Crippen LogP contribution in [0.5, 0.6) is 0 Å². The minimum atomic E-state index is -0.633. The predicted molar refractivity (Wildman–Crippen MR) is 86.1 cm³/mol. The van der Waals surface area contributed by atoms with Crippen LogP contribution in [-0.4, -0.2) is 40.2 Å². The Morgan fingerprint density at radius 3 is 2.71 bits per heavy atom. The van der Waals surface area contributed by atoms with Crippen molar-refractivity contribution < 1.29 is 18.7 Å². The van der Waals surface area contributed by atoms with Crippen molar-refractivity contribution in [2.45, 2.75) is 13.5 Å². The number of likely N-dealkylation sites (N-methyl/N-ethyl adjacent to an activating group) is 1. The van der Waals surface area contributed by atoms with Gasteiger partial charge in [0.1, 0.15) is 11.4 Å². The van der Waals surface area contributed by atoms with Crippen molar-refractivity contribution in [2.24, 2.45) is 7.05 Å². The van der Waals surface area contributed by atoms with Crippen molar-refractivity contribution in [1.29, 1.82) is 0 Å². The van der Waals surface area contributed by atoms with Crippen LogP contribution in [-0.2, 0) is 23.1 Å². The third-order valence-corrected chi connectivity index (χ3v) is 4.02. The Hall–Kier alpha value is -2.41. The molecule has 0 unspecified atom stereocenters. The molecule has 0 fully saturated rings. The number of esters is 1. The van der Waals surface area contributed by atoms with E-state index in [9.17, 15) is 14.0 Å². The van der Waals surface area contributed by atoms with Gasteiger partial charge >= 0.3 is 5.97 Å². The van der Waals surface area contributed by atoms with Crippen molar-refractivity contribution in [2.75, 3.05) is 13.7 Å². The summed E-state index contributed by atoms with van der Waals surface area (Å²) in [5.74, 6) is -1.60. The van der Waals surface area contributed by atoms with Gasteiger partial charge in [0.15, 0.2) is 6.61 Å². The fourth-order valence-corrected chi connectivity index (χ4v) is 2.25. The molecule has 0 aliphatic carbocycles. The number of carbonyl (C=O) groups excluding carboxylic acids is 2. The molecule has 0 N–H and O–H groups in total. The van der Waals surface area contributed by atoms with E-state index in [4.69, 9.17) is 16.3 Å². The Kier molecular flexibility index (Phi) is 5.56. The monoisotopic (exact) mass is 353 g/mol. The molecule has 0 aliphatic heterocycles. The molecule has 6 nitrogen and oxygen atoms in total. The molecule has 0 aliphatic rings. The van der Waals surface area contributed by atoms with Gasteiger partial charge in [-0.05, 0) is 19.1 Å². The number of aromatic nitrogens is 2. The lowest BCUT2D eigenvalue weighted by molar-refractivity contribution is -0.133. The van der Waals surface area contributed by atoms with E-state index in [-0.39, 0.29) is 17.1 Å². The third kappa shape index (κ3) is 3.91. The molecule has 128 valence electrons. The molecule has 1 aromatic heterocycles. The number of benzene rings is 1. The zero-order valence-electron chi connectivity index (χ0n) is 13.5. The summed E-state index contributed by atoms with van der Waals surface area (Å²) in [6, 6.07) is 4.30. The van der Waals surface area contributed by atoms with E-state index in [0.29, 0.717) is 11.3 Å². The summed E-state index contributed by atoms with van der Waals surface area (Å²) in [6.45, 7) is 1.25. The Morgan fingerprint density at radius 2 is 2.12 bits per heavy atom. The van der Waals surface area contributed by atoms with Crippen LogP contribution in [0.15, 0.2) is 24.4 Å². The van der Waals surface area contributed by atoms with Gasteiger partial charge in [0.05, 0.1) is 6.20 Å². The molecule has 1 amide bonds. The van der Waals surface area contributed by atoms with Crippen molar-refractivity contribution in [3.05, 3.63) is 52.1 Å². The second-order valence-corrected chi connectivity index (χ2v) is 5.70. The summed E-state index contributed by atoms with van der Waals surface area (Å²) in [5, 5.41) is 4.17. The minimum Gasteiger partial charge on any atom is -0.452 e. The van der Waals surface area contributed by atoms with Crippen LogP contribution in [0.1, 0.15) is 21.6 Å². The number of ether oxygens (including phenoxy) is 1. The molecule has 24 heavy (non-hydrogen) atoms. The normalized spacial score (nSPS) is 10.5. The van der Waals surface area contributed by atoms with E-state index in [1.165, 1.54) is 35.0 Å². The van der Waals surface area contributed by atoms with Crippen LogP contribution < -0.4 is 0 Å². The lowest BCUT2D eigenvalue weighted by Crippen LogP contribution is -2.31. The van der Waals surface area contributed by atoms with Gasteiger partial charge < -0.3 is 9.64 Å². The first-order valence-electron chi connectivity index (χ1n) is 7.13. The summed E-state index contributed by atoms with van der Waals surface area (Å²) in [6.07, 6.45) is 1.38. The Morgan fingerprint density at radius 1 is 1.42 bits per heavy atom. The lowest BCUT2D eigenvalue weighted by Gasteiger charge is -2.18. The highest BCUT2D eigenvalue weighted by atomic mass is 35.5. The highest BCUT2D eigenvalue weighted by molar-refractivity contribution is 6.31. The Bertz CT molecular complexity index is 756. The van der Waals surface area contributed by atoms with Gasteiger partial charge in [-0.15, -0.1) is 0 Å². The van der Waals surface area contributed by atoms with Gasteiger partial charge in [-0.2, -0.15) is 5.10 Å². The van der Waals surface area contributed by atoms with Gasteiger partial charge in [0.2, 0.25) is 0 Å². The van der Waals surface area contributed by atoms with Crippen LogP contribution in [0.25, 0.3) is 0 Å². The maximum atomic E-state index is 13.7. The van der Waals surface area contributed by atoms with E-state index >= 15 is 0 Å². The standard InChI is InChI=1S/C16H17ClFN3O3/c1-10-11(7-19-21(10)3)16(23)24-9-15(22)20(2)8-12-13(17)5-4-6-14(12)18/h4-7H,8-9H2,1-3H3. The number of nitrogens with zero attached hydrogens (tertiary/aromatic N) is 3. The first kappa shape index (κ1) is 17.9. The smallest absolute Gasteiger partial charge is 0.342 e. The Balaban J connectivity index is 1.95. The summed E-state index contributed by atoms with van der Waals surface area (Å²) in [5.41, 5.74) is 1.15. The van der Waals surface area contributed by atoms with E-state index in [1.54, 1.807) is 20.0 Å². The van der Waals surface area contributed by atoms with Crippen LogP contribution in [0, 0.1) is 12.7 Å². The van der Waals surface area contributed by atoms with Gasteiger partial charge in [0, 0.05) is 36.9 Å². The van der Waals surface area contributed by atoms with Crippen molar-refractivity contribution in [3.8, 4) is 0 Å². The van der Waals surface area contributed by atoms with Gasteiger partial charge in [-0.25, -0.2) is 9.18 Å². The number of hydrogen-bond donors (Lipinski definition) is 0. The fraction of sp³-hybridized carbons (Fsp3) is 0.312. The first-order chi connectivity index (χ1) is 11.3. The molecule has 8 heteroatoms. The second-order valence-electron chi connectivity index (χ2n) is 5.29. The van der Waals surface area contributed by atoms with Crippen LogP contribution in [0.3, 0.4) is 0 Å². The molecule has 1 aromatic carbocycles. The van der Waals surface area contributed by atoms with Gasteiger partial charge in [0.25, 0.3) is 5.91 Å². The topological polar surface area (TPSA) is 64.4 Å². The van der Waals surface area contributed by atoms with Crippen molar-refractivity contribution in [1.82, 2.24) is 14.7 Å². The molecular weight excluding hydrogens is 337 g/mol. The molecule has 0 spiro atoms. The van der Waals surface area contributed by atoms with Crippen LogP contribution >= 0.6 is 11.6 Å². The number of aryl methyl sites for hydroxylation is 1. The maximum Gasteiger partial charge on any atom is 0.342 e. The highest BCUT2D eigenvalue weighted by Gasteiger charge is 2.18. The molecule has 0 saturated carbocycles. The van der Waals surface area contributed by atoms with Crippen LogP contribution in [0.4, 0.5) is 4.39 Å². The number of carbonyl (C=O) groups is 2. The van der Waals surface area contributed by atoms with Gasteiger partial charge in [-0.1, -0.05) is 17.7 Å². The molecule has 0 bridgehead atoms. The zero-order valence-corrected chi connectivity index (χ0v) is 14.3. The summed E-state index contributed by atoms with van der Waals surface area (Å²) in [7, 11) is 3.18. The summed E-state index contributed by atoms with van der Waals surface area (Å²) in [4.78, 5) is 25.2. The molecular formula is C16H17ClFN3O3. The van der Waals surface area contributed by atoms with E-state index < -0.39 is 24.3 Å².